The molecule has 0 saturated heterocycles. The largest absolute Gasteiger partial charge is 0.269 e. The van der Waals surface area contributed by atoms with Crippen molar-refractivity contribution in [3.63, 3.8) is 0 Å². The highest BCUT2D eigenvalue weighted by atomic mass is 16.6. The molecule has 0 saturated carbocycles. The highest BCUT2D eigenvalue weighted by Crippen LogP contribution is 2.07. The highest BCUT2D eigenvalue weighted by molar-refractivity contribution is 5.37. The molecule has 0 bridgehead atoms. The third-order valence-corrected chi connectivity index (χ3v) is 1.26. The van der Waals surface area contributed by atoms with E-state index >= 15 is 0 Å². The molecule has 0 amide bonds. The quantitative estimate of drug-likeness (QED) is 0.421. The average molecular weight is 149 g/mol. The highest BCUT2D eigenvalue weighted by Gasteiger charge is 2.04. The monoisotopic (exact) mass is 149 g/mol. The molecule has 11 heavy (non-hydrogen) atoms. The van der Waals surface area contributed by atoms with Gasteiger partial charge in [0.05, 0.1) is 4.92 Å². The minimum atomic E-state index is -0.431. The van der Waals surface area contributed by atoms with Crippen LogP contribution >= 0.6 is 0 Å². The summed E-state index contributed by atoms with van der Waals surface area (Å²) in [5, 5.41) is 10.2. The van der Waals surface area contributed by atoms with Gasteiger partial charge in [-0.25, -0.2) is 0 Å². The number of allylic oxidation sites excluding steroid dienone is 6. The van der Waals surface area contributed by atoms with Gasteiger partial charge in [0, 0.05) is 12.2 Å². The number of nitro groups is 1. The molecule has 1 aliphatic carbocycles. The van der Waals surface area contributed by atoms with E-state index in [1.807, 2.05) is 0 Å². The maximum atomic E-state index is 10.2. The van der Waals surface area contributed by atoms with Crippen LogP contribution in [0, 0.1) is 10.1 Å². The van der Waals surface area contributed by atoms with Crippen molar-refractivity contribution < 1.29 is 4.92 Å². The summed E-state index contributed by atoms with van der Waals surface area (Å²) in [6, 6.07) is 0. The lowest BCUT2D eigenvalue weighted by Crippen LogP contribution is -1.93. The standard InChI is InChI=1S/C8H7NO2/c1-7-3-2-4-8(6-5-7)9(10)11/h2-6H,1H2. The van der Waals surface area contributed by atoms with E-state index in [-0.39, 0.29) is 5.70 Å². The van der Waals surface area contributed by atoms with Crippen LogP contribution in [-0.4, -0.2) is 4.92 Å². The fourth-order valence-corrected chi connectivity index (χ4v) is 0.696. The van der Waals surface area contributed by atoms with Crippen molar-refractivity contribution in [2.45, 2.75) is 0 Å². The van der Waals surface area contributed by atoms with Gasteiger partial charge in [0.2, 0.25) is 0 Å². The van der Waals surface area contributed by atoms with Gasteiger partial charge < -0.3 is 0 Å². The summed E-state index contributed by atoms with van der Waals surface area (Å²) in [7, 11) is 0. The van der Waals surface area contributed by atoms with Crippen LogP contribution in [0.2, 0.25) is 0 Å². The smallest absolute Gasteiger partial charge is 0.258 e. The van der Waals surface area contributed by atoms with Crippen LogP contribution in [-0.2, 0) is 0 Å². The van der Waals surface area contributed by atoms with E-state index in [1.165, 1.54) is 12.2 Å². The van der Waals surface area contributed by atoms with Crippen LogP contribution in [0.25, 0.3) is 0 Å². The van der Waals surface area contributed by atoms with Crippen molar-refractivity contribution in [2.24, 2.45) is 0 Å². The van der Waals surface area contributed by atoms with E-state index in [2.05, 4.69) is 6.58 Å². The molecule has 56 valence electrons. The fourth-order valence-electron chi connectivity index (χ4n) is 0.696. The van der Waals surface area contributed by atoms with Crippen LogP contribution in [0.1, 0.15) is 0 Å². The first-order chi connectivity index (χ1) is 5.20. The SMILES string of the molecule is C=C1C=CC=C([N+](=O)[O-])C=C1. The Kier molecular flexibility index (Phi) is 2.01. The second-order valence-corrected chi connectivity index (χ2v) is 2.12. The van der Waals surface area contributed by atoms with Gasteiger partial charge >= 0.3 is 0 Å². The Balaban J connectivity index is 2.93. The van der Waals surface area contributed by atoms with E-state index in [0.29, 0.717) is 0 Å². The van der Waals surface area contributed by atoms with E-state index in [1.54, 1.807) is 18.2 Å². The van der Waals surface area contributed by atoms with Crippen molar-refractivity contribution in [1.82, 2.24) is 0 Å². The van der Waals surface area contributed by atoms with Gasteiger partial charge in [0.1, 0.15) is 0 Å². The van der Waals surface area contributed by atoms with Gasteiger partial charge in [-0.3, -0.25) is 10.1 Å². The number of hydrogen-bond acceptors (Lipinski definition) is 2. The maximum absolute atomic E-state index is 10.2. The molecule has 0 spiro atoms. The molecule has 0 heterocycles. The summed E-state index contributed by atoms with van der Waals surface area (Å²) in [6.45, 7) is 3.64. The zero-order valence-electron chi connectivity index (χ0n) is 5.86. The van der Waals surface area contributed by atoms with Crippen molar-refractivity contribution in [2.75, 3.05) is 0 Å². The molecule has 3 heteroatoms. The number of nitrogens with zero attached hydrogens (tertiary/aromatic N) is 1. The molecule has 0 radical (unpaired) electrons. The molecule has 0 aromatic carbocycles. The number of rotatable bonds is 1. The zero-order chi connectivity index (χ0) is 8.27. The molecule has 0 aromatic heterocycles. The third kappa shape index (κ3) is 1.89. The van der Waals surface area contributed by atoms with E-state index in [9.17, 15) is 10.1 Å². The second-order valence-electron chi connectivity index (χ2n) is 2.12. The fraction of sp³-hybridized carbons (Fsp3) is 0. The van der Waals surface area contributed by atoms with E-state index < -0.39 is 4.92 Å². The zero-order valence-corrected chi connectivity index (χ0v) is 5.86. The Bertz CT molecular complexity index is 284. The van der Waals surface area contributed by atoms with Crippen molar-refractivity contribution >= 4 is 0 Å². The molecule has 3 nitrogen and oxygen atoms in total. The lowest BCUT2D eigenvalue weighted by molar-refractivity contribution is -0.418. The summed E-state index contributed by atoms with van der Waals surface area (Å²) in [4.78, 5) is 9.81. The topological polar surface area (TPSA) is 43.1 Å². The van der Waals surface area contributed by atoms with Gasteiger partial charge in [-0.15, -0.1) is 0 Å². The maximum Gasteiger partial charge on any atom is 0.269 e. The van der Waals surface area contributed by atoms with E-state index in [0.717, 1.165) is 5.57 Å². The molecule has 1 rings (SSSR count). The Morgan fingerprint density at radius 3 is 2.73 bits per heavy atom. The first kappa shape index (κ1) is 7.47. The average Bonchev–Trinajstić information content (AvgIpc) is 2.13. The first-order valence-electron chi connectivity index (χ1n) is 3.10. The summed E-state index contributed by atoms with van der Waals surface area (Å²) < 4.78 is 0. The van der Waals surface area contributed by atoms with Crippen molar-refractivity contribution in [3.05, 3.63) is 58.3 Å². The van der Waals surface area contributed by atoms with Gasteiger partial charge in [-0.2, -0.15) is 0 Å². The normalized spacial score (nSPS) is 16.0. The van der Waals surface area contributed by atoms with Crippen molar-refractivity contribution in [1.29, 1.82) is 0 Å². The molecule has 0 fully saturated rings. The minimum absolute atomic E-state index is 0.0832. The summed E-state index contributed by atoms with van der Waals surface area (Å²) >= 11 is 0. The minimum Gasteiger partial charge on any atom is -0.258 e. The lowest BCUT2D eigenvalue weighted by atomic mass is 10.3. The Hall–Kier alpha value is -1.64. The van der Waals surface area contributed by atoms with Crippen LogP contribution in [0.4, 0.5) is 0 Å². The predicted octanol–water partition coefficient (Wildman–Crippen LogP) is 1.83. The molecular formula is C8H7NO2. The summed E-state index contributed by atoms with van der Waals surface area (Å²) in [5.41, 5.74) is 0.845. The van der Waals surface area contributed by atoms with E-state index in [4.69, 9.17) is 0 Å². The van der Waals surface area contributed by atoms with Gasteiger partial charge in [-0.05, 0) is 11.6 Å². The van der Waals surface area contributed by atoms with Crippen molar-refractivity contribution in [3.8, 4) is 0 Å². The lowest BCUT2D eigenvalue weighted by Gasteiger charge is -1.85. The Morgan fingerprint density at radius 1 is 1.36 bits per heavy atom. The Morgan fingerprint density at radius 2 is 2.09 bits per heavy atom. The molecule has 0 unspecified atom stereocenters. The molecular weight excluding hydrogens is 142 g/mol. The van der Waals surface area contributed by atoms with Crippen LogP contribution < -0.4 is 0 Å². The molecule has 0 N–H and O–H groups in total. The number of hydrogen-bond donors (Lipinski definition) is 0. The van der Waals surface area contributed by atoms with Gasteiger partial charge in [0.25, 0.3) is 5.70 Å². The first-order valence-corrected chi connectivity index (χ1v) is 3.10. The summed E-state index contributed by atoms with van der Waals surface area (Å²) in [6.07, 6.45) is 7.81. The second kappa shape index (κ2) is 2.96. The molecule has 1 aliphatic rings. The van der Waals surface area contributed by atoms with Gasteiger partial charge in [0.15, 0.2) is 0 Å². The molecule has 0 aliphatic heterocycles. The predicted molar refractivity (Wildman–Crippen MR) is 42.5 cm³/mol. The molecule has 0 aromatic rings. The van der Waals surface area contributed by atoms with Gasteiger partial charge in [-0.1, -0.05) is 18.7 Å². The molecule has 0 atom stereocenters. The summed E-state index contributed by atoms with van der Waals surface area (Å²) in [5.74, 6) is 0. The van der Waals surface area contributed by atoms with Crippen LogP contribution in [0.15, 0.2) is 48.2 Å². The third-order valence-electron chi connectivity index (χ3n) is 1.26. The van der Waals surface area contributed by atoms with Crippen LogP contribution in [0.3, 0.4) is 0 Å². The Labute approximate surface area is 64.2 Å². The van der Waals surface area contributed by atoms with Crippen LogP contribution in [0.5, 0.6) is 0 Å².